The quantitative estimate of drug-likeness (QED) is 0.248. The zero-order valence-electron chi connectivity index (χ0n) is 22.9. The monoisotopic (exact) mass is 597 g/mol. The van der Waals surface area contributed by atoms with Gasteiger partial charge in [-0.05, 0) is 54.1 Å². The highest BCUT2D eigenvalue weighted by atomic mass is 19.1. The first-order valence-electron chi connectivity index (χ1n) is 13.5. The normalized spacial score (nSPS) is 14.4. The van der Waals surface area contributed by atoms with E-state index >= 15 is 8.78 Å². The molecule has 2 aromatic heterocycles. The molecule has 0 unspecified atom stereocenters. The topological polar surface area (TPSA) is 130 Å². The Morgan fingerprint density at radius 2 is 1.84 bits per heavy atom. The maximum Gasteiger partial charge on any atom is 0.335 e. The molecular formula is C32H22F3N5O4. The van der Waals surface area contributed by atoms with Crippen LogP contribution in [0.1, 0.15) is 45.3 Å². The van der Waals surface area contributed by atoms with Crippen LogP contribution in [0.5, 0.6) is 5.88 Å². The third-order valence-electron chi connectivity index (χ3n) is 7.37. The van der Waals surface area contributed by atoms with Crippen molar-refractivity contribution >= 4 is 22.9 Å². The predicted octanol–water partition coefficient (Wildman–Crippen LogP) is 5.32. The molecule has 1 fully saturated rings. The Morgan fingerprint density at radius 3 is 2.57 bits per heavy atom. The van der Waals surface area contributed by atoms with Crippen molar-refractivity contribution in [3.8, 4) is 23.2 Å². The molecule has 2 N–H and O–H groups in total. The van der Waals surface area contributed by atoms with E-state index in [2.05, 4.69) is 15.3 Å². The van der Waals surface area contributed by atoms with E-state index in [9.17, 15) is 19.1 Å². The summed E-state index contributed by atoms with van der Waals surface area (Å²) >= 11 is 0. The second kappa shape index (κ2) is 11.5. The Bertz CT molecular complexity index is 2000. The lowest BCUT2D eigenvalue weighted by atomic mass is 10.0. The van der Waals surface area contributed by atoms with Crippen LogP contribution in [-0.4, -0.2) is 38.1 Å². The van der Waals surface area contributed by atoms with Gasteiger partial charge in [0.05, 0.1) is 40.0 Å². The number of carboxylic acids is 1. The largest absolute Gasteiger partial charge is 0.478 e. The van der Waals surface area contributed by atoms with Gasteiger partial charge in [0.15, 0.2) is 0 Å². The van der Waals surface area contributed by atoms with Crippen LogP contribution in [0.2, 0.25) is 0 Å². The van der Waals surface area contributed by atoms with E-state index in [0.717, 1.165) is 18.2 Å². The summed E-state index contributed by atoms with van der Waals surface area (Å²) in [5.74, 6) is -2.99. The molecule has 1 saturated heterocycles. The number of aromatic carboxylic acids is 1. The average Bonchev–Trinajstić information content (AvgIpc) is 3.60. The Balaban J connectivity index is 1.28. The van der Waals surface area contributed by atoms with Crippen molar-refractivity contribution in [3.63, 3.8) is 0 Å². The summed E-state index contributed by atoms with van der Waals surface area (Å²) in [7, 11) is 0. The first-order chi connectivity index (χ1) is 21.2. The minimum Gasteiger partial charge on any atom is -0.478 e. The molecule has 44 heavy (non-hydrogen) atoms. The molecule has 0 saturated carbocycles. The van der Waals surface area contributed by atoms with Crippen molar-refractivity contribution in [3.05, 3.63) is 112 Å². The number of aromatic nitrogens is 3. The number of nitriles is 1. The molecule has 9 nitrogen and oxygen atoms in total. The van der Waals surface area contributed by atoms with E-state index in [1.54, 1.807) is 16.7 Å². The van der Waals surface area contributed by atoms with Crippen LogP contribution in [-0.2, 0) is 17.8 Å². The minimum atomic E-state index is -1.13. The Morgan fingerprint density at radius 1 is 1.02 bits per heavy atom. The molecule has 6 rings (SSSR count). The lowest BCUT2D eigenvalue weighted by molar-refractivity contribution is -0.119. The van der Waals surface area contributed by atoms with Gasteiger partial charge in [-0.15, -0.1) is 0 Å². The molecular weight excluding hydrogens is 575 g/mol. The fourth-order valence-electron chi connectivity index (χ4n) is 5.20. The van der Waals surface area contributed by atoms with E-state index < -0.39 is 23.4 Å². The van der Waals surface area contributed by atoms with Gasteiger partial charge in [0.25, 0.3) is 0 Å². The van der Waals surface area contributed by atoms with E-state index in [-0.39, 0.29) is 77.3 Å². The smallest absolute Gasteiger partial charge is 0.335 e. The van der Waals surface area contributed by atoms with Gasteiger partial charge in [-0.1, -0.05) is 12.1 Å². The molecule has 0 radical (unpaired) electrons. The number of pyridine rings is 1. The molecule has 0 bridgehead atoms. The van der Waals surface area contributed by atoms with Crippen LogP contribution >= 0.6 is 0 Å². The molecule has 3 heterocycles. The van der Waals surface area contributed by atoms with Crippen molar-refractivity contribution < 1.29 is 32.6 Å². The van der Waals surface area contributed by atoms with Gasteiger partial charge in [0.2, 0.25) is 11.8 Å². The highest BCUT2D eigenvalue weighted by Gasteiger charge is 2.28. The van der Waals surface area contributed by atoms with Gasteiger partial charge < -0.3 is 19.7 Å². The summed E-state index contributed by atoms with van der Waals surface area (Å²) in [6, 6.07) is 16.4. The standard InChI is InChI=1S/C32H22F3N5O4/c33-23-8-17(14-36)4-5-19(23)16-44-31-3-1-2-26(39-31)22-13-24(34)20(9-25(22)35)11-29-38-27-7-6-18(32(42)43)10-28(27)40(29)21-12-30(41)37-15-21/h1-10,13,21H,11-12,15-16H2,(H,37,41)(H,42,43)/t21-/m1/s1. The molecule has 0 spiro atoms. The molecule has 1 aliphatic rings. The molecule has 5 aromatic rings. The lowest BCUT2D eigenvalue weighted by Crippen LogP contribution is -2.17. The number of fused-ring (bicyclic) bond motifs is 1. The first kappa shape index (κ1) is 28.4. The van der Waals surface area contributed by atoms with Crippen LogP contribution in [0.3, 0.4) is 0 Å². The van der Waals surface area contributed by atoms with E-state index in [1.807, 2.05) is 6.07 Å². The van der Waals surface area contributed by atoms with Gasteiger partial charge >= 0.3 is 5.97 Å². The van der Waals surface area contributed by atoms with Gasteiger partial charge in [0, 0.05) is 36.6 Å². The Labute approximate surface area is 248 Å². The number of benzene rings is 3. The number of rotatable bonds is 8. The van der Waals surface area contributed by atoms with E-state index in [0.29, 0.717) is 16.9 Å². The number of nitrogens with zero attached hydrogens (tertiary/aromatic N) is 4. The predicted molar refractivity (Wildman–Crippen MR) is 151 cm³/mol. The van der Waals surface area contributed by atoms with E-state index in [1.165, 1.54) is 36.4 Å². The summed E-state index contributed by atoms with van der Waals surface area (Å²) in [6.45, 7) is 0.0904. The molecule has 12 heteroatoms. The van der Waals surface area contributed by atoms with Crippen LogP contribution in [0.4, 0.5) is 13.2 Å². The summed E-state index contributed by atoms with van der Waals surface area (Å²) < 4.78 is 52.5. The van der Waals surface area contributed by atoms with Gasteiger partial charge in [-0.3, -0.25) is 4.79 Å². The van der Waals surface area contributed by atoms with Gasteiger partial charge in [-0.25, -0.2) is 27.9 Å². The highest BCUT2D eigenvalue weighted by molar-refractivity contribution is 5.92. The Kier molecular flexibility index (Phi) is 7.45. The lowest BCUT2D eigenvalue weighted by Gasteiger charge is -2.16. The number of carbonyl (C=O) groups excluding carboxylic acids is 1. The average molecular weight is 598 g/mol. The molecule has 0 aliphatic carbocycles. The molecule has 220 valence electrons. The summed E-state index contributed by atoms with van der Waals surface area (Å²) in [5.41, 5.74) is 1.31. The second-order valence-corrected chi connectivity index (χ2v) is 10.2. The number of imidazole rings is 1. The molecule has 3 aromatic carbocycles. The molecule has 1 atom stereocenters. The fourth-order valence-corrected chi connectivity index (χ4v) is 5.20. The Hall–Kier alpha value is -5.70. The zero-order valence-corrected chi connectivity index (χ0v) is 22.9. The van der Waals surface area contributed by atoms with Crippen molar-refractivity contribution in [1.82, 2.24) is 19.9 Å². The number of hydrogen-bond donors (Lipinski definition) is 2. The maximum absolute atomic E-state index is 15.5. The van der Waals surface area contributed by atoms with Crippen molar-refractivity contribution in [2.75, 3.05) is 6.54 Å². The fraction of sp³-hybridized carbons (Fsp3) is 0.156. The number of ether oxygens (including phenoxy) is 1. The number of halogens is 3. The zero-order chi connectivity index (χ0) is 31.0. The maximum atomic E-state index is 15.5. The first-order valence-corrected chi connectivity index (χ1v) is 13.5. The third kappa shape index (κ3) is 5.55. The summed E-state index contributed by atoms with van der Waals surface area (Å²) in [6.07, 6.45) is 0.00494. The van der Waals surface area contributed by atoms with Crippen LogP contribution in [0, 0.1) is 28.8 Å². The van der Waals surface area contributed by atoms with E-state index in [4.69, 9.17) is 10.00 Å². The van der Waals surface area contributed by atoms with Crippen molar-refractivity contribution in [2.24, 2.45) is 0 Å². The minimum absolute atomic E-state index is 0.00208. The third-order valence-corrected chi connectivity index (χ3v) is 7.37. The molecule has 1 aliphatic heterocycles. The number of hydrogen-bond acceptors (Lipinski definition) is 6. The highest BCUT2D eigenvalue weighted by Crippen LogP contribution is 2.31. The van der Waals surface area contributed by atoms with Crippen molar-refractivity contribution in [2.45, 2.75) is 25.5 Å². The van der Waals surface area contributed by atoms with Gasteiger partial charge in [-0.2, -0.15) is 5.26 Å². The number of nitrogens with one attached hydrogen (secondary N) is 1. The van der Waals surface area contributed by atoms with Gasteiger partial charge in [0.1, 0.15) is 29.9 Å². The van der Waals surface area contributed by atoms with Crippen LogP contribution in [0.15, 0.2) is 66.7 Å². The van der Waals surface area contributed by atoms with Crippen LogP contribution < -0.4 is 10.1 Å². The number of amides is 1. The number of carboxylic acid groups (broad SMARTS) is 1. The van der Waals surface area contributed by atoms with Crippen LogP contribution in [0.25, 0.3) is 22.3 Å². The molecule has 1 amide bonds. The summed E-state index contributed by atoms with van der Waals surface area (Å²) in [5, 5.41) is 21.1. The second-order valence-electron chi connectivity index (χ2n) is 10.2. The summed E-state index contributed by atoms with van der Waals surface area (Å²) in [4.78, 5) is 32.4. The van der Waals surface area contributed by atoms with Crippen molar-refractivity contribution in [1.29, 1.82) is 5.26 Å². The number of carbonyl (C=O) groups is 2. The SMILES string of the molecule is N#Cc1ccc(COc2cccc(-c3cc(F)c(Cc4nc5ccc(C(=O)O)cc5n4[C@H]4CNC(=O)C4)cc3F)n2)c(F)c1.